The Bertz CT molecular complexity index is 594. The summed E-state index contributed by atoms with van der Waals surface area (Å²) in [5.74, 6) is -2.53. The average Bonchev–Trinajstić information content (AvgIpc) is 2.24. The van der Waals surface area contributed by atoms with Crippen LogP contribution in [-0.2, 0) is 10.0 Å². The lowest BCUT2D eigenvalue weighted by molar-refractivity contribution is 0.0547. The first-order valence-corrected chi connectivity index (χ1v) is 6.47. The summed E-state index contributed by atoms with van der Waals surface area (Å²) < 4.78 is 38.0. The molecule has 0 amide bonds. The van der Waals surface area contributed by atoms with Gasteiger partial charge in [0, 0.05) is 13.1 Å². The van der Waals surface area contributed by atoms with Gasteiger partial charge in [0.1, 0.15) is 5.82 Å². The minimum atomic E-state index is -3.86. The highest BCUT2D eigenvalue weighted by atomic mass is 32.2. The minimum absolute atomic E-state index is 0.0396. The summed E-state index contributed by atoms with van der Waals surface area (Å²) in [6.07, 6.45) is -0.709. The molecule has 1 aromatic carbocycles. The standard InChI is InChI=1S/C10H10FNO5S/c11-9-2-1-7(3-8(9)10(14)15)18(16,17)12-4-6(13)5-12/h1-3,6,13H,4-5H2,(H,14,15). The molecule has 0 atom stereocenters. The molecule has 1 aliphatic rings. The van der Waals surface area contributed by atoms with Crippen molar-refractivity contribution in [2.75, 3.05) is 13.1 Å². The molecule has 0 aliphatic carbocycles. The largest absolute Gasteiger partial charge is 0.478 e. The number of hydrogen-bond acceptors (Lipinski definition) is 4. The first-order valence-electron chi connectivity index (χ1n) is 5.03. The maximum atomic E-state index is 13.1. The summed E-state index contributed by atoms with van der Waals surface area (Å²) in [6, 6.07) is 2.58. The van der Waals surface area contributed by atoms with Gasteiger partial charge in [-0.25, -0.2) is 17.6 Å². The number of aromatic carboxylic acids is 1. The molecule has 0 spiro atoms. The second-order valence-corrected chi connectivity index (χ2v) is 5.86. The van der Waals surface area contributed by atoms with Crippen LogP contribution in [-0.4, -0.2) is 48.1 Å². The van der Waals surface area contributed by atoms with E-state index in [4.69, 9.17) is 10.2 Å². The number of nitrogens with zero attached hydrogens (tertiary/aromatic N) is 1. The summed E-state index contributed by atoms with van der Waals surface area (Å²) >= 11 is 0. The van der Waals surface area contributed by atoms with Crippen LogP contribution < -0.4 is 0 Å². The number of rotatable bonds is 3. The highest BCUT2D eigenvalue weighted by Gasteiger charge is 2.36. The molecule has 1 aromatic rings. The summed E-state index contributed by atoms with van der Waals surface area (Å²) in [7, 11) is -3.86. The van der Waals surface area contributed by atoms with Gasteiger partial charge in [-0.2, -0.15) is 4.31 Å². The Balaban J connectivity index is 2.40. The van der Waals surface area contributed by atoms with Gasteiger partial charge in [-0.1, -0.05) is 0 Å². The molecule has 0 bridgehead atoms. The van der Waals surface area contributed by atoms with Crippen molar-refractivity contribution in [2.24, 2.45) is 0 Å². The Morgan fingerprint density at radius 2 is 2.00 bits per heavy atom. The molecule has 0 unspecified atom stereocenters. The molecule has 1 aliphatic heterocycles. The maximum absolute atomic E-state index is 13.1. The Morgan fingerprint density at radius 1 is 1.39 bits per heavy atom. The van der Waals surface area contributed by atoms with Crippen LogP contribution in [0.4, 0.5) is 4.39 Å². The number of β-amino-alcohol motifs (C(OH)–C–C–N with tert-alkyl or cyclic N) is 1. The molecule has 2 N–H and O–H groups in total. The Morgan fingerprint density at radius 3 is 2.50 bits per heavy atom. The van der Waals surface area contributed by atoms with Crippen LogP contribution in [0, 0.1) is 5.82 Å². The summed E-state index contributed by atoms with van der Waals surface area (Å²) in [4.78, 5) is 10.4. The number of aliphatic hydroxyl groups excluding tert-OH is 1. The van der Waals surface area contributed by atoms with Crippen LogP contribution in [0.1, 0.15) is 10.4 Å². The lowest BCUT2D eigenvalue weighted by Crippen LogP contribution is -2.53. The third kappa shape index (κ3) is 2.09. The van der Waals surface area contributed by atoms with E-state index in [2.05, 4.69) is 0 Å². The van der Waals surface area contributed by atoms with Crippen LogP contribution in [0.15, 0.2) is 23.1 Å². The Labute approximate surface area is 102 Å². The highest BCUT2D eigenvalue weighted by molar-refractivity contribution is 7.89. The van der Waals surface area contributed by atoms with Crippen LogP contribution in [0.25, 0.3) is 0 Å². The maximum Gasteiger partial charge on any atom is 0.338 e. The van der Waals surface area contributed by atoms with E-state index in [1.54, 1.807) is 0 Å². The van der Waals surface area contributed by atoms with Gasteiger partial charge in [-0.15, -0.1) is 0 Å². The molecule has 18 heavy (non-hydrogen) atoms. The second-order valence-electron chi connectivity index (χ2n) is 3.92. The second kappa shape index (κ2) is 4.30. The van der Waals surface area contributed by atoms with Gasteiger partial charge in [0.05, 0.1) is 16.6 Å². The number of hydrogen-bond donors (Lipinski definition) is 2. The number of halogens is 1. The van der Waals surface area contributed by atoms with E-state index in [0.29, 0.717) is 0 Å². The Hall–Kier alpha value is -1.51. The Kier molecular flexibility index (Phi) is 3.09. The summed E-state index contributed by atoms with van der Waals surface area (Å²) in [5, 5.41) is 17.8. The minimum Gasteiger partial charge on any atom is -0.478 e. The average molecular weight is 275 g/mol. The van der Waals surface area contributed by atoms with Crippen LogP contribution in [0.5, 0.6) is 0 Å². The van der Waals surface area contributed by atoms with Crippen LogP contribution >= 0.6 is 0 Å². The van der Waals surface area contributed by atoms with E-state index in [1.807, 2.05) is 0 Å². The van der Waals surface area contributed by atoms with E-state index in [9.17, 15) is 17.6 Å². The van der Waals surface area contributed by atoms with Crippen LogP contribution in [0.2, 0.25) is 0 Å². The summed E-state index contributed by atoms with van der Waals surface area (Å²) in [5.41, 5.74) is -0.697. The summed E-state index contributed by atoms with van der Waals surface area (Å²) in [6.45, 7) is -0.0791. The van der Waals surface area contributed by atoms with Crippen molar-refractivity contribution in [3.05, 3.63) is 29.6 Å². The number of aliphatic hydroxyl groups is 1. The van der Waals surface area contributed by atoms with E-state index in [0.717, 1.165) is 22.5 Å². The molecule has 1 saturated heterocycles. The molecular formula is C10H10FNO5S. The van der Waals surface area contributed by atoms with Crippen molar-refractivity contribution in [1.29, 1.82) is 0 Å². The van der Waals surface area contributed by atoms with Gasteiger partial charge in [0.2, 0.25) is 10.0 Å². The normalized spacial score (nSPS) is 17.4. The number of carboxylic acid groups (broad SMARTS) is 1. The van der Waals surface area contributed by atoms with Crippen molar-refractivity contribution in [2.45, 2.75) is 11.0 Å². The van der Waals surface area contributed by atoms with Gasteiger partial charge in [-0.3, -0.25) is 0 Å². The first kappa shape index (κ1) is 12.9. The number of carbonyl (C=O) groups is 1. The number of benzene rings is 1. The molecule has 2 rings (SSSR count). The number of carboxylic acids is 1. The van der Waals surface area contributed by atoms with E-state index < -0.39 is 33.5 Å². The molecule has 98 valence electrons. The molecule has 6 nitrogen and oxygen atoms in total. The zero-order valence-corrected chi connectivity index (χ0v) is 9.89. The van der Waals surface area contributed by atoms with Gasteiger partial charge >= 0.3 is 5.97 Å². The molecule has 0 aromatic heterocycles. The SMILES string of the molecule is O=C(O)c1cc(S(=O)(=O)N2CC(O)C2)ccc1F. The van der Waals surface area contributed by atoms with E-state index >= 15 is 0 Å². The molecule has 0 saturated carbocycles. The van der Waals surface area contributed by atoms with E-state index in [-0.39, 0.29) is 18.0 Å². The third-order valence-corrected chi connectivity index (χ3v) is 4.46. The molecule has 1 heterocycles. The fraction of sp³-hybridized carbons (Fsp3) is 0.300. The zero-order valence-electron chi connectivity index (χ0n) is 9.08. The van der Waals surface area contributed by atoms with Gasteiger partial charge in [-0.05, 0) is 18.2 Å². The first-order chi connectivity index (χ1) is 8.32. The smallest absolute Gasteiger partial charge is 0.338 e. The van der Waals surface area contributed by atoms with E-state index in [1.165, 1.54) is 0 Å². The quantitative estimate of drug-likeness (QED) is 0.802. The molecular weight excluding hydrogens is 265 g/mol. The lowest BCUT2D eigenvalue weighted by atomic mass is 10.2. The van der Waals surface area contributed by atoms with Crippen molar-refractivity contribution in [3.63, 3.8) is 0 Å². The molecule has 8 heteroatoms. The predicted molar refractivity (Wildman–Crippen MR) is 58.1 cm³/mol. The predicted octanol–water partition coefficient (Wildman–Crippen LogP) is -0.111. The highest BCUT2D eigenvalue weighted by Crippen LogP contribution is 2.23. The van der Waals surface area contributed by atoms with Gasteiger partial charge in [0.25, 0.3) is 0 Å². The topological polar surface area (TPSA) is 94.9 Å². The third-order valence-electron chi connectivity index (χ3n) is 2.63. The number of sulfonamides is 1. The van der Waals surface area contributed by atoms with Crippen molar-refractivity contribution < 1.29 is 27.8 Å². The zero-order chi connectivity index (χ0) is 13.5. The van der Waals surface area contributed by atoms with Crippen molar-refractivity contribution in [1.82, 2.24) is 4.31 Å². The fourth-order valence-corrected chi connectivity index (χ4v) is 3.13. The molecule has 1 fully saturated rings. The monoisotopic (exact) mass is 275 g/mol. The van der Waals surface area contributed by atoms with Crippen molar-refractivity contribution >= 4 is 16.0 Å². The lowest BCUT2D eigenvalue weighted by Gasteiger charge is -2.34. The van der Waals surface area contributed by atoms with Crippen LogP contribution in [0.3, 0.4) is 0 Å². The van der Waals surface area contributed by atoms with Crippen molar-refractivity contribution in [3.8, 4) is 0 Å². The van der Waals surface area contributed by atoms with Gasteiger partial charge < -0.3 is 10.2 Å². The van der Waals surface area contributed by atoms with Gasteiger partial charge in [0.15, 0.2) is 0 Å². The molecule has 0 radical (unpaired) electrons. The fourth-order valence-electron chi connectivity index (χ4n) is 1.59.